The summed E-state index contributed by atoms with van der Waals surface area (Å²) in [5.41, 5.74) is 2.11. The van der Waals surface area contributed by atoms with Crippen LogP contribution in [0.25, 0.3) is 0 Å². The second kappa shape index (κ2) is 7.98. The molecule has 0 atom stereocenters. The van der Waals surface area contributed by atoms with Crippen LogP contribution in [0.3, 0.4) is 0 Å². The monoisotopic (exact) mass is 341 g/mol. The molecule has 1 aliphatic rings. The summed E-state index contributed by atoms with van der Waals surface area (Å²) in [5.74, 6) is 0.726. The van der Waals surface area contributed by atoms with E-state index >= 15 is 0 Å². The third-order valence-corrected chi connectivity index (χ3v) is 3.81. The highest BCUT2D eigenvalue weighted by Crippen LogP contribution is 2.28. The van der Waals surface area contributed by atoms with Gasteiger partial charge >= 0.3 is 0 Å². The molecule has 1 aromatic carbocycles. The standard InChI is InChI=1S/C19H23N3O3/c1-14(2)25-18-6-4-3-5-16(18)21-15-7-8-17(20-13-15)19(23)22-9-11-24-12-10-22/h3-8,13-14,21H,9-12H2,1-2H3. The molecular formula is C19H23N3O3. The van der Waals surface area contributed by atoms with Crippen molar-refractivity contribution in [2.24, 2.45) is 0 Å². The van der Waals surface area contributed by atoms with Crippen LogP contribution in [0.1, 0.15) is 24.3 Å². The summed E-state index contributed by atoms with van der Waals surface area (Å²) >= 11 is 0. The maximum Gasteiger partial charge on any atom is 0.272 e. The first-order valence-corrected chi connectivity index (χ1v) is 8.49. The van der Waals surface area contributed by atoms with Crippen molar-refractivity contribution < 1.29 is 14.3 Å². The molecule has 1 amide bonds. The highest BCUT2D eigenvalue weighted by molar-refractivity contribution is 5.92. The second-order valence-electron chi connectivity index (χ2n) is 6.12. The zero-order valence-corrected chi connectivity index (χ0v) is 14.6. The Kier molecular flexibility index (Phi) is 5.50. The second-order valence-corrected chi connectivity index (χ2v) is 6.12. The van der Waals surface area contributed by atoms with Gasteiger partial charge in [0.2, 0.25) is 0 Å². The van der Waals surface area contributed by atoms with Crippen LogP contribution in [0.4, 0.5) is 11.4 Å². The highest BCUT2D eigenvalue weighted by atomic mass is 16.5. The normalized spacial score (nSPS) is 14.4. The molecule has 0 unspecified atom stereocenters. The van der Waals surface area contributed by atoms with Crippen molar-refractivity contribution in [1.29, 1.82) is 0 Å². The lowest BCUT2D eigenvalue weighted by Crippen LogP contribution is -2.41. The zero-order chi connectivity index (χ0) is 17.6. The van der Waals surface area contributed by atoms with E-state index in [0.717, 1.165) is 17.1 Å². The van der Waals surface area contributed by atoms with Crippen LogP contribution in [-0.4, -0.2) is 48.2 Å². The van der Waals surface area contributed by atoms with Gasteiger partial charge < -0.3 is 19.7 Å². The summed E-state index contributed by atoms with van der Waals surface area (Å²) in [6, 6.07) is 11.3. The van der Waals surface area contributed by atoms with Gasteiger partial charge in [0.15, 0.2) is 0 Å². The summed E-state index contributed by atoms with van der Waals surface area (Å²) < 4.78 is 11.1. The number of hydrogen-bond donors (Lipinski definition) is 1. The minimum Gasteiger partial charge on any atom is -0.489 e. The predicted molar refractivity (Wildman–Crippen MR) is 96.4 cm³/mol. The molecule has 3 rings (SSSR count). The number of carbonyl (C=O) groups is 1. The fourth-order valence-electron chi connectivity index (χ4n) is 2.60. The number of para-hydroxylation sites is 2. The number of nitrogens with zero attached hydrogens (tertiary/aromatic N) is 2. The Labute approximate surface area is 147 Å². The van der Waals surface area contributed by atoms with Crippen LogP contribution in [0, 0.1) is 0 Å². The van der Waals surface area contributed by atoms with Crippen molar-refractivity contribution >= 4 is 17.3 Å². The third kappa shape index (κ3) is 4.48. The Balaban J connectivity index is 1.70. The molecule has 1 fully saturated rings. The fourth-order valence-corrected chi connectivity index (χ4v) is 2.60. The molecule has 0 bridgehead atoms. The average Bonchev–Trinajstić information content (AvgIpc) is 2.64. The third-order valence-electron chi connectivity index (χ3n) is 3.81. The topological polar surface area (TPSA) is 63.7 Å². The molecule has 0 spiro atoms. The van der Waals surface area contributed by atoms with Crippen LogP contribution in [0.15, 0.2) is 42.6 Å². The first-order chi connectivity index (χ1) is 12.1. The van der Waals surface area contributed by atoms with Crippen LogP contribution in [0.2, 0.25) is 0 Å². The maximum atomic E-state index is 12.4. The van der Waals surface area contributed by atoms with E-state index in [9.17, 15) is 4.79 Å². The van der Waals surface area contributed by atoms with Crippen LogP contribution in [-0.2, 0) is 4.74 Å². The molecule has 6 nitrogen and oxygen atoms in total. The minimum atomic E-state index is -0.0570. The first kappa shape index (κ1) is 17.2. The van der Waals surface area contributed by atoms with E-state index in [0.29, 0.717) is 32.0 Å². The van der Waals surface area contributed by atoms with Crippen molar-refractivity contribution in [2.45, 2.75) is 20.0 Å². The average molecular weight is 341 g/mol. The van der Waals surface area contributed by atoms with E-state index in [-0.39, 0.29) is 12.0 Å². The molecule has 1 aromatic heterocycles. The summed E-state index contributed by atoms with van der Waals surface area (Å²) in [6.07, 6.45) is 1.76. The minimum absolute atomic E-state index is 0.0570. The van der Waals surface area contributed by atoms with Gasteiger partial charge in [0.05, 0.1) is 36.9 Å². The van der Waals surface area contributed by atoms with Crippen molar-refractivity contribution in [3.05, 3.63) is 48.3 Å². The number of carbonyl (C=O) groups excluding carboxylic acids is 1. The van der Waals surface area contributed by atoms with Crippen molar-refractivity contribution in [3.63, 3.8) is 0 Å². The lowest BCUT2D eigenvalue weighted by molar-refractivity contribution is 0.0299. The van der Waals surface area contributed by atoms with Gasteiger partial charge in [-0.1, -0.05) is 12.1 Å². The van der Waals surface area contributed by atoms with Crippen molar-refractivity contribution in [2.75, 3.05) is 31.6 Å². The number of hydrogen-bond acceptors (Lipinski definition) is 5. The van der Waals surface area contributed by atoms with Gasteiger partial charge in [-0.3, -0.25) is 4.79 Å². The van der Waals surface area contributed by atoms with E-state index < -0.39 is 0 Å². The highest BCUT2D eigenvalue weighted by Gasteiger charge is 2.19. The molecule has 2 aromatic rings. The molecule has 0 aliphatic carbocycles. The molecule has 132 valence electrons. The SMILES string of the molecule is CC(C)Oc1ccccc1Nc1ccc(C(=O)N2CCOCC2)nc1. The quantitative estimate of drug-likeness (QED) is 0.905. The molecule has 1 N–H and O–H groups in total. The number of nitrogens with one attached hydrogen (secondary N) is 1. The molecule has 6 heteroatoms. The van der Waals surface area contributed by atoms with Crippen molar-refractivity contribution in [3.8, 4) is 5.75 Å². The Morgan fingerprint density at radius 2 is 1.96 bits per heavy atom. The summed E-state index contributed by atoms with van der Waals surface area (Å²) in [6.45, 7) is 6.37. The number of pyridine rings is 1. The van der Waals surface area contributed by atoms with Gasteiger partial charge in [0.1, 0.15) is 11.4 Å². The van der Waals surface area contributed by atoms with E-state index in [4.69, 9.17) is 9.47 Å². The number of aromatic nitrogens is 1. The van der Waals surface area contributed by atoms with Gasteiger partial charge in [0, 0.05) is 13.1 Å². The Morgan fingerprint density at radius 3 is 2.64 bits per heavy atom. The van der Waals surface area contributed by atoms with E-state index in [1.807, 2.05) is 44.2 Å². The van der Waals surface area contributed by atoms with Gasteiger partial charge in [-0.25, -0.2) is 4.98 Å². The van der Waals surface area contributed by atoms with Gasteiger partial charge in [-0.2, -0.15) is 0 Å². The summed E-state index contributed by atoms with van der Waals surface area (Å²) in [7, 11) is 0. The Morgan fingerprint density at radius 1 is 1.20 bits per heavy atom. The van der Waals surface area contributed by atoms with Crippen molar-refractivity contribution in [1.82, 2.24) is 9.88 Å². The van der Waals surface area contributed by atoms with E-state index in [1.165, 1.54) is 0 Å². The number of benzene rings is 1. The van der Waals surface area contributed by atoms with Gasteiger partial charge in [0.25, 0.3) is 5.91 Å². The smallest absolute Gasteiger partial charge is 0.272 e. The number of amides is 1. The van der Waals surface area contributed by atoms with Gasteiger partial charge in [-0.15, -0.1) is 0 Å². The zero-order valence-electron chi connectivity index (χ0n) is 14.6. The number of anilines is 2. The predicted octanol–water partition coefficient (Wildman–Crippen LogP) is 3.08. The lowest BCUT2D eigenvalue weighted by Gasteiger charge is -2.26. The Hall–Kier alpha value is -2.60. The lowest BCUT2D eigenvalue weighted by atomic mass is 10.2. The van der Waals surface area contributed by atoms with Crippen LogP contribution < -0.4 is 10.1 Å². The molecule has 2 heterocycles. The van der Waals surface area contributed by atoms with E-state index in [1.54, 1.807) is 17.2 Å². The maximum absolute atomic E-state index is 12.4. The Bertz CT molecular complexity index is 710. The molecule has 1 saturated heterocycles. The molecule has 0 saturated carbocycles. The molecule has 0 radical (unpaired) electrons. The summed E-state index contributed by atoms with van der Waals surface area (Å²) in [5, 5.41) is 3.29. The number of ether oxygens (including phenoxy) is 2. The van der Waals surface area contributed by atoms with Gasteiger partial charge in [-0.05, 0) is 38.1 Å². The van der Waals surface area contributed by atoms with E-state index in [2.05, 4.69) is 10.3 Å². The number of morpholine rings is 1. The molecular weight excluding hydrogens is 318 g/mol. The first-order valence-electron chi connectivity index (χ1n) is 8.49. The molecule has 25 heavy (non-hydrogen) atoms. The fraction of sp³-hybridized carbons (Fsp3) is 0.368. The van der Waals surface area contributed by atoms with Crippen LogP contribution in [0.5, 0.6) is 5.75 Å². The van der Waals surface area contributed by atoms with Crippen LogP contribution >= 0.6 is 0 Å². The largest absolute Gasteiger partial charge is 0.489 e. The number of rotatable bonds is 5. The molecule has 1 aliphatic heterocycles. The summed E-state index contributed by atoms with van der Waals surface area (Å²) in [4.78, 5) is 18.5.